The first kappa shape index (κ1) is 17.1. The number of fused-ring (bicyclic) bond motifs is 1. The van der Waals surface area contributed by atoms with E-state index in [1.165, 1.54) is 4.90 Å². The van der Waals surface area contributed by atoms with Crippen LogP contribution in [0.4, 0.5) is 23.8 Å². The van der Waals surface area contributed by atoms with E-state index in [0.717, 1.165) is 0 Å². The Hall–Kier alpha value is -2.26. The zero-order chi connectivity index (χ0) is 17.4. The summed E-state index contributed by atoms with van der Waals surface area (Å²) in [7, 11) is 0. The van der Waals surface area contributed by atoms with Crippen LogP contribution in [-0.4, -0.2) is 45.4 Å². The number of alkyl halides is 3. The fraction of sp³-hybridized carbons (Fsp3) is 0.615. The zero-order valence-corrected chi connectivity index (χ0v) is 12.9. The van der Waals surface area contributed by atoms with E-state index >= 15 is 0 Å². The molecule has 128 valence electrons. The van der Waals surface area contributed by atoms with Gasteiger partial charge in [0.25, 0.3) is 0 Å². The van der Waals surface area contributed by atoms with E-state index in [0.29, 0.717) is 11.3 Å². The van der Waals surface area contributed by atoms with Gasteiger partial charge in [0.2, 0.25) is 0 Å². The second-order valence-corrected chi connectivity index (χ2v) is 6.13. The molecular weight excluding hydrogens is 317 g/mol. The summed E-state index contributed by atoms with van der Waals surface area (Å²) in [5, 5.41) is 7.96. The lowest BCUT2D eigenvalue weighted by molar-refractivity contribution is -0.167. The summed E-state index contributed by atoms with van der Waals surface area (Å²) in [5.41, 5.74) is 0.291. The predicted octanol–water partition coefficient (Wildman–Crippen LogP) is 2.20. The number of amides is 2. The van der Waals surface area contributed by atoms with E-state index in [2.05, 4.69) is 10.2 Å². The normalized spacial score (nSPS) is 15.1. The maximum Gasteiger partial charge on any atom is 0.471 e. The Bertz CT molecular complexity index is 619. The van der Waals surface area contributed by atoms with Crippen molar-refractivity contribution in [1.82, 2.24) is 15.1 Å². The third kappa shape index (κ3) is 4.14. The smallest absolute Gasteiger partial charge is 0.444 e. The summed E-state index contributed by atoms with van der Waals surface area (Å²) in [6, 6.07) is 0. The van der Waals surface area contributed by atoms with Gasteiger partial charge < -0.3 is 15.0 Å². The van der Waals surface area contributed by atoms with E-state index < -0.39 is 23.8 Å². The van der Waals surface area contributed by atoms with Crippen LogP contribution >= 0.6 is 0 Å². The maximum atomic E-state index is 12.3. The van der Waals surface area contributed by atoms with Crippen molar-refractivity contribution in [3.63, 3.8) is 0 Å². The van der Waals surface area contributed by atoms with Crippen LogP contribution in [0.3, 0.4) is 0 Å². The van der Waals surface area contributed by atoms with Crippen molar-refractivity contribution < 1.29 is 27.5 Å². The molecule has 0 radical (unpaired) electrons. The van der Waals surface area contributed by atoms with E-state index in [9.17, 15) is 22.8 Å². The molecule has 0 fully saturated rings. The average Bonchev–Trinajstić information content (AvgIpc) is 2.78. The largest absolute Gasteiger partial charge is 0.471 e. The van der Waals surface area contributed by atoms with Gasteiger partial charge in [-0.15, -0.1) is 0 Å². The molecule has 0 aliphatic carbocycles. The number of rotatable bonds is 1. The van der Waals surface area contributed by atoms with Crippen molar-refractivity contribution in [1.29, 1.82) is 0 Å². The molecule has 23 heavy (non-hydrogen) atoms. The number of H-pyrrole nitrogens is 1. The molecule has 0 spiro atoms. The maximum absolute atomic E-state index is 12.3. The molecule has 10 heteroatoms. The van der Waals surface area contributed by atoms with Crippen LogP contribution in [0.5, 0.6) is 0 Å². The Kier molecular flexibility index (Phi) is 4.27. The number of anilines is 1. The minimum atomic E-state index is -4.98. The van der Waals surface area contributed by atoms with Crippen LogP contribution in [-0.2, 0) is 22.5 Å². The van der Waals surface area contributed by atoms with E-state index in [1.807, 2.05) is 0 Å². The second kappa shape index (κ2) is 5.74. The number of aromatic amines is 1. The number of ether oxygens (including phenoxy) is 1. The summed E-state index contributed by atoms with van der Waals surface area (Å²) in [6.07, 6.45) is -5.24. The second-order valence-electron chi connectivity index (χ2n) is 6.13. The number of nitrogens with one attached hydrogen (secondary N) is 2. The van der Waals surface area contributed by atoms with Gasteiger partial charge in [-0.25, -0.2) is 4.79 Å². The lowest BCUT2D eigenvalue weighted by atomic mass is 10.1. The number of hydrogen-bond acceptors (Lipinski definition) is 4. The quantitative estimate of drug-likeness (QED) is 0.824. The Morgan fingerprint density at radius 1 is 1.30 bits per heavy atom. The highest BCUT2D eigenvalue weighted by molar-refractivity contribution is 5.94. The van der Waals surface area contributed by atoms with Crippen LogP contribution in [0.15, 0.2) is 0 Å². The van der Waals surface area contributed by atoms with E-state index in [1.54, 1.807) is 26.1 Å². The van der Waals surface area contributed by atoms with Gasteiger partial charge in [-0.3, -0.25) is 9.89 Å². The standard InChI is InChI=1S/C13H17F3N4O3/c1-12(2,3)23-11(22)20-5-4-7-8(6-20)18-19-9(7)17-10(21)13(14,15)16/h4-6H2,1-3H3,(H2,17,18,19,21). The van der Waals surface area contributed by atoms with Crippen LogP contribution in [0.1, 0.15) is 32.0 Å². The van der Waals surface area contributed by atoms with Crippen molar-refractivity contribution in [3.8, 4) is 0 Å². The van der Waals surface area contributed by atoms with Crippen molar-refractivity contribution in [3.05, 3.63) is 11.3 Å². The fourth-order valence-corrected chi connectivity index (χ4v) is 2.08. The van der Waals surface area contributed by atoms with Gasteiger partial charge in [0, 0.05) is 12.1 Å². The zero-order valence-electron chi connectivity index (χ0n) is 12.9. The highest BCUT2D eigenvalue weighted by Crippen LogP contribution is 2.26. The van der Waals surface area contributed by atoms with E-state index in [4.69, 9.17) is 4.74 Å². The Labute approximate surface area is 130 Å². The minimum absolute atomic E-state index is 0.124. The molecule has 0 aromatic carbocycles. The van der Waals surface area contributed by atoms with Crippen LogP contribution in [0.2, 0.25) is 0 Å². The molecule has 0 unspecified atom stereocenters. The van der Waals surface area contributed by atoms with Gasteiger partial charge in [0.1, 0.15) is 5.60 Å². The summed E-state index contributed by atoms with van der Waals surface area (Å²) >= 11 is 0. The monoisotopic (exact) mass is 334 g/mol. The molecule has 0 atom stereocenters. The summed E-state index contributed by atoms with van der Waals surface area (Å²) < 4.78 is 42.1. The lowest BCUT2D eigenvalue weighted by Gasteiger charge is -2.29. The van der Waals surface area contributed by atoms with Gasteiger partial charge >= 0.3 is 18.2 Å². The fourth-order valence-electron chi connectivity index (χ4n) is 2.08. The number of halogens is 3. The van der Waals surface area contributed by atoms with Crippen LogP contribution < -0.4 is 5.32 Å². The van der Waals surface area contributed by atoms with Gasteiger partial charge in [-0.1, -0.05) is 0 Å². The lowest BCUT2D eigenvalue weighted by Crippen LogP contribution is -2.40. The van der Waals surface area contributed by atoms with Gasteiger partial charge in [-0.2, -0.15) is 18.3 Å². The first-order valence-electron chi connectivity index (χ1n) is 6.89. The molecule has 2 N–H and O–H groups in total. The minimum Gasteiger partial charge on any atom is -0.444 e. The molecule has 2 amide bonds. The molecule has 0 saturated carbocycles. The molecule has 1 aliphatic heterocycles. The number of nitrogens with zero attached hydrogens (tertiary/aromatic N) is 2. The van der Waals surface area contributed by atoms with Crippen molar-refractivity contribution in [2.24, 2.45) is 0 Å². The third-order valence-electron chi connectivity index (χ3n) is 3.07. The Balaban J connectivity index is 2.07. The summed E-state index contributed by atoms with van der Waals surface area (Å²) in [6.45, 7) is 5.60. The van der Waals surface area contributed by atoms with Crippen molar-refractivity contribution in [2.45, 2.75) is 45.5 Å². The predicted molar refractivity (Wildman–Crippen MR) is 73.6 cm³/mol. The molecule has 2 heterocycles. The molecule has 1 aromatic heterocycles. The van der Waals surface area contributed by atoms with Gasteiger partial charge in [0.15, 0.2) is 5.82 Å². The highest BCUT2D eigenvalue weighted by atomic mass is 19.4. The molecule has 0 bridgehead atoms. The topological polar surface area (TPSA) is 87.3 Å². The van der Waals surface area contributed by atoms with Crippen molar-refractivity contribution in [2.75, 3.05) is 11.9 Å². The number of carbonyl (C=O) groups excluding carboxylic acids is 2. The molecule has 1 aromatic rings. The molecular formula is C13H17F3N4O3. The van der Waals surface area contributed by atoms with Crippen LogP contribution in [0.25, 0.3) is 0 Å². The molecule has 7 nitrogen and oxygen atoms in total. The first-order chi connectivity index (χ1) is 10.5. The van der Waals surface area contributed by atoms with E-state index in [-0.39, 0.29) is 25.3 Å². The molecule has 1 aliphatic rings. The highest BCUT2D eigenvalue weighted by Gasteiger charge is 2.40. The van der Waals surface area contributed by atoms with Crippen LogP contribution in [0, 0.1) is 0 Å². The van der Waals surface area contributed by atoms with Gasteiger partial charge in [-0.05, 0) is 27.2 Å². The third-order valence-corrected chi connectivity index (χ3v) is 3.07. The summed E-state index contributed by atoms with van der Waals surface area (Å²) in [5.74, 6) is -2.24. The number of aromatic nitrogens is 2. The number of hydrogen-bond donors (Lipinski definition) is 2. The molecule has 2 rings (SSSR count). The average molecular weight is 334 g/mol. The first-order valence-corrected chi connectivity index (χ1v) is 6.89. The molecule has 0 saturated heterocycles. The Morgan fingerprint density at radius 2 is 1.96 bits per heavy atom. The number of carbonyl (C=O) groups is 2. The van der Waals surface area contributed by atoms with Crippen molar-refractivity contribution >= 4 is 17.8 Å². The van der Waals surface area contributed by atoms with Gasteiger partial charge in [0.05, 0.1) is 12.2 Å². The Morgan fingerprint density at radius 3 is 2.52 bits per heavy atom. The SMILES string of the molecule is CC(C)(C)OC(=O)N1CCc2c(NC(=O)C(F)(F)F)n[nH]c2C1. The summed E-state index contributed by atoms with van der Waals surface area (Å²) in [4.78, 5) is 24.4.